The van der Waals surface area contributed by atoms with Crippen LogP contribution in [0.2, 0.25) is 0 Å². The maximum atomic E-state index is 12.8. The maximum absolute atomic E-state index is 12.8. The monoisotopic (exact) mass is 456 g/mol. The van der Waals surface area contributed by atoms with Gasteiger partial charge in [-0.1, -0.05) is 17.7 Å². The largest absolute Gasteiger partial charge is 0.496 e. The second kappa shape index (κ2) is 9.78. The molecular weight excluding hydrogens is 432 g/mol. The molecule has 0 bridgehead atoms. The second-order valence-electron chi connectivity index (χ2n) is 7.08. The van der Waals surface area contributed by atoms with E-state index in [1.807, 2.05) is 26.0 Å². The molecule has 9 heteroatoms. The summed E-state index contributed by atoms with van der Waals surface area (Å²) in [7, 11) is 4.49. The van der Waals surface area contributed by atoms with Crippen molar-refractivity contribution in [2.75, 3.05) is 33.2 Å². The van der Waals surface area contributed by atoms with Crippen molar-refractivity contribution in [3.63, 3.8) is 0 Å². The van der Waals surface area contributed by atoms with E-state index in [2.05, 4.69) is 5.32 Å². The molecule has 0 saturated carbocycles. The van der Waals surface area contributed by atoms with Crippen LogP contribution in [-0.2, 0) is 9.59 Å². The summed E-state index contributed by atoms with van der Waals surface area (Å²) in [5.41, 5.74) is 3.14. The normalized spacial score (nSPS) is 14.7. The first-order valence-corrected chi connectivity index (χ1v) is 10.5. The van der Waals surface area contributed by atoms with Crippen LogP contribution in [-0.4, -0.2) is 49.8 Å². The first kappa shape index (κ1) is 23.2. The van der Waals surface area contributed by atoms with E-state index in [9.17, 15) is 14.4 Å². The van der Waals surface area contributed by atoms with Gasteiger partial charge in [-0.2, -0.15) is 0 Å². The number of amides is 3. The van der Waals surface area contributed by atoms with Gasteiger partial charge >= 0.3 is 0 Å². The standard InChI is InChI=1S/C23H24N2O6S/c1-13-6-7-16(14(2)8-13)24-21(26)12-25-22(27)20(32-23(25)28)10-15-9-18(30-4)19(31-5)11-17(15)29-3/h6-11H,12H2,1-5H3,(H,24,26)/b20-10+. The van der Waals surface area contributed by atoms with Crippen LogP contribution in [0.3, 0.4) is 0 Å². The molecule has 3 rings (SSSR count). The van der Waals surface area contributed by atoms with Crippen molar-refractivity contribution in [1.29, 1.82) is 0 Å². The van der Waals surface area contributed by atoms with Crippen molar-refractivity contribution >= 4 is 40.6 Å². The maximum Gasteiger partial charge on any atom is 0.294 e. The van der Waals surface area contributed by atoms with Crippen molar-refractivity contribution in [3.8, 4) is 17.2 Å². The number of methoxy groups -OCH3 is 3. The van der Waals surface area contributed by atoms with Crippen LogP contribution < -0.4 is 19.5 Å². The SMILES string of the molecule is COc1cc(OC)c(OC)cc1/C=C1/SC(=O)N(CC(=O)Nc2ccc(C)cc2C)C1=O. The molecule has 0 unspecified atom stereocenters. The van der Waals surface area contributed by atoms with Gasteiger partial charge in [-0.25, -0.2) is 0 Å². The minimum absolute atomic E-state index is 0.180. The number of thioether (sulfide) groups is 1. The fourth-order valence-electron chi connectivity index (χ4n) is 3.23. The third-order valence-corrected chi connectivity index (χ3v) is 5.76. The van der Waals surface area contributed by atoms with Crippen molar-refractivity contribution in [3.05, 3.63) is 51.9 Å². The number of ether oxygens (including phenoxy) is 3. The van der Waals surface area contributed by atoms with E-state index in [0.717, 1.165) is 27.8 Å². The Balaban J connectivity index is 1.80. The topological polar surface area (TPSA) is 94.2 Å². The van der Waals surface area contributed by atoms with E-state index in [-0.39, 0.29) is 11.4 Å². The predicted molar refractivity (Wildman–Crippen MR) is 123 cm³/mol. The molecule has 1 N–H and O–H groups in total. The summed E-state index contributed by atoms with van der Waals surface area (Å²) < 4.78 is 15.9. The molecule has 0 aromatic heterocycles. The van der Waals surface area contributed by atoms with Crippen LogP contribution in [0.4, 0.5) is 10.5 Å². The van der Waals surface area contributed by atoms with Gasteiger partial charge in [0.05, 0.1) is 26.2 Å². The molecule has 0 aliphatic carbocycles. The molecule has 0 spiro atoms. The Bertz CT molecular complexity index is 1110. The highest BCUT2D eigenvalue weighted by Crippen LogP contribution is 2.38. The van der Waals surface area contributed by atoms with E-state index in [0.29, 0.717) is 28.5 Å². The van der Waals surface area contributed by atoms with Gasteiger partial charge in [0.25, 0.3) is 11.1 Å². The zero-order valence-electron chi connectivity index (χ0n) is 18.5. The van der Waals surface area contributed by atoms with Crippen LogP contribution in [0.5, 0.6) is 17.2 Å². The number of carbonyl (C=O) groups is 3. The van der Waals surface area contributed by atoms with Gasteiger partial charge in [0.15, 0.2) is 11.5 Å². The van der Waals surface area contributed by atoms with Crippen molar-refractivity contribution in [1.82, 2.24) is 4.90 Å². The first-order chi connectivity index (χ1) is 15.3. The molecule has 1 aliphatic rings. The number of nitrogens with zero attached hydrogens (tertiary/aromatic N) is 1. The molecule has 1 heterocycles. The zero-order valence-corrected chi connectivity index (χ0v) is 19.3. The number of anilines is 1. The number of aryl methyl sites for hydroxylation is 2. The number of imide groups is 1. The number of benzene rings is 2. The number of carbonyl (C=O) groups excluding carboxylic acids is 3. The number of hydrogen-bond donors (Lipinski definition) is 1. The zero-order chi connectivity index (χ0) is 23.4. The van der Waals surface area contributed by atoms with Crippen LogP contribution >= 0.6 is 11.8 Å². The summed E-state index contributed by atoms with van der Waals surface area (Å²) in [6.07, 6.45) is 1.54. The summed E-state index contributed by atoms with van der Waals surface area (Å²) in [5, 5.41) is 2.23. The first-order valence-electron chi connectivity index (χ1n) is 9.69. The molecule has 1 fully saturated rings. The van der Waals surface area contributed by atoms with E-state index in [4.69, 9.17) is 14.2 Å². The van der Waals surface area contributed by atoms with E-state index in [1.165, 1.54) is 27.4 Å². The van der Waals surface area contributed by atoms with Crippen molar-refractivity contribution in [2.24, 2.45) is 0 Å². The summed E-state index contributed by atoms with van der Waals surface area (Å²) in [6, 6.07) is 8.89. The highest BCUT2D eigenvalue weighted by Gasteiger charge is 2.36. The van der Waals surface area contributed by atoms with Gasteiger partial charge in [-0.05, 0) is 49.4 Å². The Hall–Kier alpha value is -3.46. The molecule has 168 valence electrons. The van der Waals surface area contributed by atoms with Crippen LogP contribution in [0.25, 0.3) is 6.08 Å². The number of rotatable bonds is 7. The van der Waals surface area contributed by atoms with Gasteiger partial charge in [0.1, 0.15) is 12.3 Å². The Morgan fingerprint density at radius 1 is 1.00 bits per heavy atom. The minimum atomic E-state index is -0.549. The van der Waals surface area contributed by atoms with Crippen molar-refractivity contribution in [2.45, 2.75) is 13.8 Å². The Labute approximate surface area is 190 Å². The predicted octanol–water partition coefficient (Wildman–Crippen LogP) is 4.00. The molecule has 0 radical (unpaired) electrons. The van der Waals surface area contributed by atoms with E-state index in [1.54, 1.807) is 18.2 Å². The molecule has 1 saturated heterocycles. The van der Waals surface area contributed by atoms with Crippen molar-refractivity contribution < 1.29 is 28.6 Å². The number of hydrogen-bond acceptors (Lipinski definition) is 7. The molecule has 2 aromatic rings. The lowest BCUT2D eigenvalue weighted by Crippen LogP contribution is -2.36. The lowest BCUT2D eigenvalue weighted by Gasteiger charge is -2.14. The lowest BCUT2D eigenvalue weighted by molar-refractivity contribution is -0.127. The highest BCUT2D eigenvalue weighted by molar-refractivity contribution is 8.18. The molecule has 0 atom stereocenters. The second-order valence-corrected chi connectivity index (χ2v) is 8.08. The minimum Gasteiger partial charge on any atom is -0.496 e. The third kappa shape index (κ3) is 4.88. The molecular formula is C23H24N2O6S. The van der Waals surface area contributed by atoms with Gasteiger partial charge in [0, 0.05) is 17.3 Å². The van der Waals surface area contributed by atoms with Gasteiger partial charge in [-0.3, -0.25) is 19.3 Å². The fourth-order valence-corrected chi connectivity index (χ4v) is 4.06. The molecule has 2 aromatic carbocycles. The fraction of sp³-hybridized carbons (Fsp3) is 0.261. The molecule has 32 heavy (non-hydrogen) atoms. The lowest BCUT2D eigenvalue weighted by atomic mass is 10.1. The van der Waals surface area contributed by atoms with Crippen LogP contribution in [0.15, 0.2) is 35.2 Å². The van der Waals surface area contributed by atoms with E-state index >= 15 is 0 Å². The quantitative estimate of drug-likeness (QED) is 0.629. The van der Waals surface area contributed by atoms with Crippen LogP contribution in [0, 0.1) is 13.8 Å². The van der Waals surface area contributed by atoms with Crippen LogP contribution in [0.1, 0.15) is 16.7 Å². The Kier molecular flexibility index (Phi) is 7.09. The summed E-state index contributed by atoms with van der Waals surface area (Å²) in [4.78, 5) is 38.8. The Morgan fingerprint density at radius 2 is 1.66 bits per heavy atom. The van der Waals surface area contributed by atoms with Gasteiger partial charge in [0.2, 0.25) is 5.91 Å². The average Bonchev–Trinajstić information content (AvgIpc) is 3.02. The summed E-state index contributed by atoms with van der Waals surface area (Å²) in [6.45, 7) is 3.46. The van der Waals surface area contributed by atoms with Gasteiger partial charge in [-0.15, -0.1) is 0 Å². The smallest absolute Gasteiger partial charge is 0.294 e. The number of nitrogens with one attached hydrogen (secondary N) is 1. The molecule has 8 nitrogen and oxygen atoms in total. The van der Waals surface area contributed by atoms with Gasteiger partial charge < -0.3 is 19.5 Å². The molecule has 1 aliphatic heterocycles. The average molecular weight is 457 g/mol. The van der Waals surface area contributed by atoms with E-state index < -0.39 is 17.1 Å². The summed E-state index contributed by atoms with van der Waals surface area (Å²) >= 11 is 0.764. The third-order valence-electron chi connectivity index (χ3n) is 4.85. The molecule has 3 amide bonds. The summed E-state index contributed by atoms with van der Waals surface area (Å²) in [5.74, 6) is 0.364. The highest BCUT2D eigenvalue weighted by atomic mass is 32.2. The Morgan fingerprint density at radius 3 is 2.28 bits per heavy atom.